The lowest BCUT2D eigenvalue weighted by molar-refractivity contribution is -0.120. The molecule has 3 fully saturated rings. The molecular weight excluding hydrogens is 779 g/mol. The lowest BCUT2D eigenvalue weighted by Crippen LogP contribution is -2.49. The van der Waals surface area contributed by atoms with Crippen LogP contribution in [0.2, 0.25) is 10.0 Å². The minimum atomic E-state index is -0.421. The van der Waals surface area contributed by atoms with Crippen LogP contribution in [0.3, 0.4) is 0 Å². The molecule has 0 radical (unpaired) electrons. The first-order chi connectivity index (χ1) is 28.1. The van der Waals surface area contributed by atoms with Crippen LogP contribution < -0.4 is 35.1 Å². The van der Waals surface area contributed by atoms with Gasteiger partial charge in [0.25, 0.3) is 5.91 Å². The zero-order valence-electron chi connectivity index (χ0n) is 32.4. The Morgan fingerprint density at radius 3 is 2.24 bits per heavy atom. The maximum Gasteiger partial charge on any atom is 0.329 e. The fraction of sp³-hybridized carbons (Fsp3) is 0.366. The van der Waals surface area contributed by atoms with Gasteiger partial charge >= 0.3 is 6.03 Å². The van der Waals surface area contributed by atoms with Crippen LogP contribution in [0.1, 0.15) is 29.6 Å². The summed E-state index contributed by atoms with van der Waals surface area (Å²) in [7, 11) is 3.76. The smallest absolute Gasteiger partial charge is 0.329 e. The molecule has 6 heterocycles. The zero-order valence-corrected chi connectivity index (χ0v) is 33.9. The number of amides is 4. The number of urea groups is 1. The largest absolute Gasteiger partial charge is 0.371 e. The number of piperazine rings is 1. The minimum absolute atomic E-state index is 0.245. The van der Waals surface area contributed by atoms with Crippen LogP contribution in [0.15, 0.2) is 66.9 Å². The van der Waals surface area contributed by atoms with Crippen molar-refractivity contribution in [3.63, 3.8) is 0 Å². The summed E-state index contributed by atoms with van der Waals surface area (Å²) in [6, 6.07) is 19.4. The Morgan fingerprint density at radius 2 is 1.52 bits per heavy atom. The number of aromatic nitrogens is 4. The van der Waals surface area contributed by atoms with Crippen LogP contribution in [0.5, 0.6) is 0 Å². The Bertz CT molecular complexity index is 2370. The molecule has 5 aromatic rings. The molecule has 4 amide bonds. The van der Waals surface area contributed by atoms with Gasteiger partial charge in [0.05, 0.1) is 27.9 Å². The predicted octanol–water partition coefficient (Wildman–Crippen LogP) is 5.95. The Kier molecular flexibility index (Phi) is 10.2. The Balaban J connectivity index is 0.753. The van der Waals surface area contributed by atoms with Crippen molar-refractivity contribution < 1.29 is 14.4 Å². The van der Waals surface area contributed by atoms with E-state index in [0.717, 1.165) is 75.2 Å². The summed E-state index contributed by atoms with van der Waals surface area (Å²) in [5.41, 5.74) is 5.01. The molecule has 0 spiro atoms. The first kappa shape index (κ1) is 37.9. The van der Waals surface area contributed by atoms with Crippen molar-refractivity contribution >= 4 is 92.3 Å². The number of piperidine rings is 1. The van der Waals surface area contributed by atoms with Gasteiger partial charge in [0.15, 0.2) is 5.82 Å². The second-order valence-electron chi connectivity index (χ2n) is 15.4. The summed E-state index contributed by atoms with van der Waals surface area (Å²) in [5.74, 6) is 1.67. The highest BCUT2D eigenvalue weighted by atomic mass is 35.5. The van der Waals surface area contributed by atoms with Crippen molar-refractivity contribution in [2.24, 2.45) is 13.0 Å². The molecule has 17 heteroatoms. The van der Waals surface area contributed by atoms with Crippen molar-refractivity contribution in [2.75, 3.05) is 95.9 Å². The quantitative estimate of drug-likeness (QED) is 0.192. The number of carbonyl (C=O) groups excluding carboxylic acids is 3. The van der Waals surface area contributed by atoms with E-state index in [1.165, 1.54) is 11.4 Å². The van der Waals surface area contributed by atoms with Crippen LogP contribution in [0.25, 0.3) is 10.9 Å². The van der Waals surface area contributed by atoms with E-state index >= 15 is 0 Å². The number of hydrogen-bond donors (Lipinski definition) is 2. The van der Waals surface area contributed by atoms with E-state index in [2.05, 4.69) is 64.7 Å². The van der Waals surface area contributed by atoms with Crippen molar-refractivity contribution in [1.29, 1.82) is 0 Å². The molecule has 15 nitrogen and oxygen atoms in total. The number of fused-ring (bicyclic) bond motifs is 2. The van der Waals surface area contributed by atoms with Gasteiger partial charge in [-0.2, -0.15) is 10.1 Å². The highest BCUT2D eigenvalue weighted by Gasteiger charge is 2.33. The molecule has 3 saturated heterocycles. The van der Waals surface area contributed by atoms with Crippen molar-refractivity contribution in [2.45, 2.75) is 19.3 Å². The van der Waals surface area contributed by atoms with Crippen molar-refractivity contribution in [3.05, 3.63) is 82.5 Å². The van der Waals surface area contributed by atoms with Crippen LogP contribution in [0, 0.1) is 5.92 Å². The monoisotopic (exact) mass is 822 g/mol. The molecule has 300 valence electrons. The van der Waals surface area contributed by atoms with Gasteiger partial charge in [0.1, 0.15) is 11.4 Å². The molecular formula is C41H44Cl2N12O3. The second kappa shape index (κ2) is 15.6. The Morgan fingerprint density at radius 1 is 0.810 bits per heavy atom. The molecule has 0 atom stereocenters. The zero-order chi connectivity index (χ0) is 40.1. The van der Waals surface area contributed by atoms with Gasteiger partial charge < -0.3 is 20.0 Å². The molecule has 2 aromatic heterocycles. The maximum atomic E-state index is 13.5. The molecule has 4 aliphatic rings. The van der Waals surface area contributed by atoms with E-state index in [0.29, 0.717) is 51.3 Å². The summed E-state index contributed by atoms with van der Waals surface area (Å²) in [4.78, 5) is 59.2. The average molecular weight is 824 g/mol. The Labute approximate surface area is 346 Å². The molecule has 0 bridgehead atoms. The Hall–Kier alpha value is -5.64. The normalized spacial score (nSPS) is 18.3. The minimum Gasteiger partial charge on any atom is -0.371 e. The number of imide groups is 1. The molecule has 2 N–H and O–H groups in total. The molecule has 0 aliphatic carbocycles. The number of nitrogens with one attached hydrogen (secondary N) is 2. The van der Waals surface area contributed by atoms with Gasteiger partial charge in [-0.1, -0.05) is 29.3 Å². The average Bonchev–Trinajstić information content (AvgIpc) is 3.55. The molecule has 9 rings (SSSR count). The summed E-state index contributed by atoms with van der Waals surface area (Å²) in [5, 5.41) is 12.0. The number of aryl methyl sites for hydroxylation is 1. The summed E-state index contributed by atoms with van der Waals surface area (Å²) < 4.78 is 1.82. The lowest BCUT2D eigenvalue weighted by Gasteiger charge is -2.40. The fourth-order valence-corrected chi connectivity index (χ4v) is 9.09. The number of nitrogens with zero attached hydrogens (tertiary/aromatic N) is 10. The van der Waals surface area contributed by atoms with Gasteiger partial charge in [-0.3, -0.25) is 34.3 Å². The van der Waals surface area contributed by atoms with E-state index < -0.39 is 6.03 Å². The fourth-order valence-electron chi connectivity index (χ4n) is 8.48. The summed E-state index contributed by atoms with van der Waals surface area (Å²) in [6.07, 6.45) is 4.09. The van der Waals surface area contributed by atoms with Gasteiger partial charge in [0.2, 0.25) is 11.9 Å². The first-order valence-corrected chi connectivity index (χ1v) is 20.4. The number of halogens is 2. The van der Waals surface area contributed by atoms with Crippen LogP contribution in [-0.4, -0.2) is 109 Å². The third kappa shape index (κ3) is 7.33. The summed E-state index contributed by atoms with van der Waals surface area (Å²) in [6.45, 7) is 7.68. The van der Waals surface area contributed by atoms with E-state index in [1.807, 2.05) is 41.9 Å². The van der Waals surface area contributed by atoms with Crippen molar-refractivity contribution in [3.8, 4) is 0 Å². The maximum absolute atomic E-state index is 13.5. The number of para-hydroxylation sites is 1. The van der Waals surface area contributed by atoms with E-state index in [-0.39, 0.29) is 24.9 Å². The lowest BCUT2D eigenvalue weighted by atomic mass is 9.95. The standard InChI is InChI=1S/C41H44Cl2N12O3/c1-49-25-55(36-32(42)4-3-5-33(36)43)39(57)31-23-44-40(47-37(31)49)45-27-6-8-28(9-7-27)53-20-18-51(19-21-53)24-26-12-15-52(16-13-26)29-10-11-30-34(22-29)50(2)48-38(30)54-17-14-35(56)46-41(54)58/h3-11,22-23,26H,12-21,24-25H2,1-2H3,(H,44,45,47)(H,46,56,58). The van der Waals surface area contributed by atoms with Crippen LogP contribution in [0.4, 0.5) is 45.1 Å². The SMILES string of the molecule is CN1CN(c2c(Cl)cccc2Cl)C(=O)c2cnc(Nc3ccc(N4CCN(CC5CCN(c6ccc7c(N8CCC(=O)NC8=O)nn(C)c7c6)CC5)CC4)cc3)nc21. The van der Waals surface area contributed by atoms with Gasteiger partial charge in [0, 0.05) is 102 Å². The van der Waals surface area contributed by atoms with E-state index in [1.54, 1.807) is 34.2 Å². The number of anilines is 7. The van der Waals surface area contributed by atoms with Crippen molar-refractivity contribution in [1.82, 2.24) is 30.0 Å². The topological polar surface area (TPSA) is 138 Å². The number of benzene rings is 3. The molecule has 3 aromatic carbocycles. The van der Waals surface area contributed by atoms with E-state index in [9.17, 15) is 14.4 Å². The number of carbonyl (C=O) groups is 3. The van der Waals surface area contributed by atoms with Crippen LogP contribution in [-0.2, 0) is 11.8 Å². The highest BCUT2D eigenvalue weighted by molar-refractivity contribution is 6.40. The first-order valence-electron chi connectivity index (χ1n) is 19.6. The highest BCUT2D eigenvalue weighted by Crippen LogP contribution is 2.38. The number of hydrogen-bond acceptors (Lipinski definition) is 11. The van der Waals surface area contributed by atoms with Gasteiger partial charge in [-0.05, 0) is 73.4 Å². The molecule has 58 heavy (non-hydrogen) atoms. The molecule has 0 saturated carbocycles. The van der Waals surface area contributed by atoms with Crippen LogP contribution >= 0.6 is 23.2 Å². The number of rotatable bonds is 8. The van der Waals surface area contributed by atoms with Gasteiger partial charge in [-0.25, -0.2) is 9.78 Å². The third-order valence-corrected chi connectivity index (χ3v) is 12.3. The third-order valence-electron chi connectivity index (χ3n) is 11.6. The predicted molar refractivity (Wildman–Crippen MR) is 228 cm³/mol. The second-order valence-corrected chi connectivity index (χ2v) is 16.2. The molecule has 4 aliphatic heterocycles. The van der Waals surface area contributed by atoms with Gasteiger partial charge in [-0.15, -0.1) is 0 Å². The summed E-state index contributed by atoms with van der Waals surface area (Å²) >= 11 is 12.8. The molecule has 0 unspecified atom stereocenters. The van der Waals surface area contributed by atoms with E-state index in [4.69, 9.17) is 23.2 Å².